The number of ether oxygens (including phenoxy) is 3. The van der Waals surface area contributed by atoms with Crippen molar-refractivity contribution in [2.45, 2.75) is 32.8 Å². The molecule has 22 heavy (non-hydrogen) atoms. The third-order valence-corrected chi connectivity index (χ3v) is 2.88. The van der Waals surface area contributed by atoms with E-state index in [0.29, 0.717) is 39.3 Å². The summed E-state index contributed by atoms with van der Waals surface area (Å²) in [5.74, 6) is -0.197. The SMILES string of the molecule is CC(=O)CCCC(=O)OCCOCCOCc1ccccc1. The first kappa shape index (κ1) is 18.3. The minimum absolute atomic E-state index is 0.0895. The molecule has 0 aliphatic heterocycles. The van der Waals surface area contributed by atoms with Gasteiger partial charge in [-0.05, 0) is 18.9 Å². The molecule has 0 amide bonds. The van der Waals surface area contributed by atoms with Crippen molar-refractivity contribution in [1.29, 1.82) is 0 Å². The number of Topliss-reactive ketones (excluding diaryl/α,β-unsaturated/α-hetero) is 1. The second kappa shape index (κ2) is 11.9. The highest BCUT2D eigenvalue weighted by atomic mass is 16.6. The molecule has 5 nitrogen and oxygen atoms in total. The van der Waals surface area contributed by atoms with E-state index in [1.54, 1.807) is 0 Å². The topological polar surface area (TPSA) is 61.8 Å². The number of carbonyl (C=O) groups is 2. The number of carbonyl (C=O) groups excluding carboxylic acids is 2. The molecule has 0 fully saturated rings. The number of esters is 1. The summed E-state index contributed by atoms with van der Waals surface area (Å²) in [5, 5.41) is 0. The maximum absolute atomic E-state index is 11.3. The Morgan fingerprint density at radius 2 is 1.59 bits per heavy atom. The van der Waals surface area contributed by atoms with E-state index in [1.807, 2.05) is 30.3 Å². The Morgan fingerprint density at radius 3 is 2.32 bits per heavy atom. The van der Waals surface area contributed by atoms with E-state index in [4.69, 9.17) is 14.2 Å². The average Bonchev–Trinajstić information content (AvgIpc) is 2.50. The molecule has 1 aromatic rings. The minimum Gasteiger partial charge on any atom is -0.463 e. The Bertz CT molecular complexity index is 430. The first-order chi connectivity index (χ1) is 10.7. The first-order valence-corrected chi connectivity index (χ1v) is 7.53. The van der Waals surface area contributed by atoms with Crippen molar-refractivity contribution in [3.63, 3.8) is 0 Å². The Labute approximate surface area is 131 Å². The number of hydrogen-bond donors (Lipinski definition) is 0. The predicted octanol–water partition coefficient (Wildman–Crippen LogP) is 2.52. The Hall–Kier alpha value is -1.72. The molecule has 0 aromatic heterocycles. The highest BCUT2D eigenvalue weighted by molar-refractivity contribution is 5.76. The van der Waals surface area contributed by atoms with Crippen molar-refractivity contribution in [2.75, 3.05) is 26.4 Å². The molecule has 122 valence electrons. The van der Waals surface area contributed by atoms with Gasteiger partial charge in [0.2, 0.25) is 0 Å². The van der Waals surface area contributed by atoms with Gasteiger partial charge in [-0.2, -0.15) is 0 Å². The third kappa shape index (κ3) is 10.1. The summed E-state index contributed by atoms with van der Waals surface area (Å²) in [4.78, 5) is 22.0. The van der Waals surface area contributed by atoms with Crippen LogP contribution >= 0.6 is 0 Å². The molecule has 0 N–H and O–H groups in total. The summed E-state index contributed by atoms with van der Waals surface area (Å²) in [7, 11) is 0. The number of rotatable bonds is 12. The van der Waals surface area contributed by atoms with E-state index in [2.05, 4.69) is 0 Å². The lowest BCUT2D eigenvalue weighted by Crippen LogP contribution is -2.13. The van der Waals surface area contributed by atoms with Gasteiger partial charge >= 0.3 is 5.97 Å². The van der Waals surface area contributed by atoms with Crippen LogP contribution < -0.4 is 0 Å². The zero-order chi connectivity index (χ0) is 16.0. The summed E-state index contributed by atoms with van der Waals surface area (Å²) in [6.07, 6.45) is 1.24. The van der Waals surface area contributed by atoms with Gasteiger partial charge in [-0.25, -0.2) is 0 Å². The lowest BCUT2D eigenvalue weighted by Gasteiger charge is -2.07. The van der Waals surface area contributed by atoms with Crippen molar-refractivity contribution >= 4 is 11.8 Å². The molecule has 1 aromatic carbocycles. The monoisotopic (exact) mass is 308 g/mol. The standard InChI is InChI=1S/C17H24O5/c1-15(18)6-5-9-17(19)22-13-12-20-10-11-21-14-16-7-3-2-4-8-16/h2-4,7-8H,5-6,9-14H2,1H3. The number of hydrogen-bond acceptors (Lipinski definition) is 5. The largest absolute Gasteiger partial charge is 0.463 e. The molecule has 0 spiro atoms. The molecule has 0 radical (unpaired) electrons. The Kier molecular flexibility index (Phi) is 9.90. The highest BCUT2D eigenvalue weighted by Crippen LogP contribution is 2.00. The average molecular weight is 308 g/mol. The summed E-state index contributed by atoms with van der Waals surface area (Å²) in [6.45, 7) is 3.63. The van der Waals surface area contributed by atoms with Gasteiger partial charge in [-0.15, -0.1) is 0 Å². The third-order valence-electron chi connectivity index (χ3n) is 2.88. The summed E-state index contributed by atoms with van der Waals surface area (Å²) < 4.78 is 15.8. The van der Waals surface area contributed by atoms with Crippen LogP contribution in [0.3, 0.4) is 0 Å². The van der Waals surface area contributed by atoms with E-state index in [-0.39, 0.29) is 24.8 Å². The van der Waals surface area contributed by atoms with Crippen molar-refractivity contribution in [2.24, 2.45) is 0 Å². The second-order valence-corrected chi connectivity index (χ2v) is 4.93. The Balaban J connectivity index is 1.87. The van der Waals surface area contributed by atoms with Crippen LogP contribution in [0.1, 0.15) is 31.7 Å². The molecule has 0 atom stereocenters. The molecular weight excluding hydrogens is 284 g/mol. The maximum Gasteiger partial charge on any atom is 0.305 e. The molecule has 1 rings (SSSR count). The fourth-order valence-electron chi connectivity index (χ4n) is 1.75. The van der Waals surface area contributed by atoms with Gasteiger partial charge in [0.25, 0.3) is 0 Å². The molecule has 5 heteroatoms. The van der Waals surface area contributed by atoms with Gasteiger partial charge in [-0.3, -0.25) is 4.79 Å². The van der Waals surface area contributed by atoms with E-state index in [1.165, 1.54) is 6.92 Å². The molecule has 0 bridgehead atoms. The second-order valence-electron chi connectivity index (χ2n) is 4.93. The summed E-state index contributed by atoms with van der Waals surface area (Å²) in [5.41, 5.74) is 1.13. The minimum atomic E-state index is -0.287. The maximum atomic E-state index is 11.3. The number of ketones is 1. The van der Waals surface area contributed by atoms with Crippen LogP contribution in [0.5, 0.6) is 0 Å². The van der Waals surface area contributed by atoms with Gasteiger partial charge in [-0.1, -0.05) is 30.3 Å². The van der Waals surface area contributed by atoms with Crippen molar-refractivity contribution < 1.29 is 23.8 Å². The van der Waals surface area contributed by atoms with E-state index < -0.39 is 0 Å². The van der Waals surface area contributed by atoms with E-state index in [0.717, 1.165) is 5.56 Å². The predicted molar refractivity (Wildman–Crippen MR) is 82.4 cm³/mol. The fraction of sp³-hybridized carbons (Fsp3) is 0.529. The molecular formula is C17H24O5. The van der Waals surface area contributed by atoms with E-state index in [9.17, 15) is 9.59 Å². The van der Waals surface area contributed by atoms with Crippen LogP contribution in [0.4, 0.5) is 0 Å². The highest BCUT2D eigenvalue weighted by Gasteiger charge is 2.03. The van der Waals surface area contributed by atoms with Crippen LogP contribution in [-0.2, 0) is 30.4 Å². The first-order valence-electron chi connectivity index (χ1n) is 7.53. The molecule has 0 aliphatic rings. The molecule has 0 aliphatic carbocycles. The van der Waals surface area contributed by atoms with Crippen LogP contribution in [-0.4, -0.2) is 38.2 Å². The van der Waals surface area contributed by atoms with Crippen molar-refractivity contribution in [3.05, 3.63) is 35.9 Å². The Morgan fingerprint density at radius 1 is 0.909 bits per heavy atom. The molecule has 0 heterocycles. The molecule has 0 saturated carbocycles. The van der Waals surface area contributed by atoms with Gasteiger partial charge in [0, 0.05) is 12.8 Å². The lowest BCUT2D eigenvalue weighted by atomic mass is 10.2. The quantitative estimate of drug-likeness (QED) is 0.438. The van der Waals surface area contributed by atoms with Gasteiger partial charge in [0.1, 0.15) is 12.4 Å². The fourth-order valence-corrected chi connectivity index (χ4v) is 1.75. The summed E-state index contributed by atoms with van der Waals surface area (Å²) in [6, 6.07) is 9.92. The summed E-state index contributed by atoms with van der Waals surface area (Å²) >= 11 is 0. The zero-order valence-electron chi connectivity index (χ0n) is 13.1. The van der Waals surface area contributed by atoms with Crippen LogP contribution in [0.2, 0.25) is 0 Å². The lowest BCUT2D eigenvalue weighted by molar-refractivity contribution is -0.145. The molecule has 0 unspecified atom stereocenters. The molecule has 0 saturated heterocycles. The van der Waals surface area contributed by atoms with Gasteiger partial charge in [0.05, 0.1) is 26.4 Å². The normalized spacial score (nSPS) is 10.4. The van der Waals surface area contributed by atoms with Gasteiger partial charge in [0.15, 0.2) is 0 Å². The van der Waals surface area contributed by atoms with Crippen LogP contribution in [0.15, 0.2) is 30.3 Å². The van der Waals surface area contributed by atoms with Crippen LogP contribution in [0, 0.1) is 0 Å². The van der Waals surface area contributed by atoms with Crippen molar-refractivity contribution in [1.82, 2.24) is 0 Å². The van der Waals surface area contributed by atoms with Crippen LogP contribution in [0.25, 0.3) is 0 Å². The van der Waals surface area contributed by atoms with Crippen molar-refractivity contribution in [3.8, 4) is 0 Å². The smallest absolute Gasteiger partial charge is 0.305 e. The van der Waals surface area contributed by atoms with E-state index >= 15 is 0 Å². The number of benzene rings is 1. The van der Waals surface area contributed by atoms with Gasteiger partial charge < -0.3 is 19.0 Å². The zero-order valence-corrected chi connectivity index (χ0v) is 13.1.